The fraction of sp³-hybridized carbons (Fsp3) is 0.167. The summed E-state index contributed by atoms with van der Waals surface area (Å²) in [7, 11) is 0. The maximum absolute atomic E-state index is 12.4. The highest BCUT2D eigenvalue weighted by molar-refractivity contribution is 6.17. The molecule has 2 aromatic rings. The van der Waals surface area contributed by atoms with Crippen molar-refractivity contribution in [2.45, 2.75) is 12.1 Å². The summed E-state index contributed by atoms with van der Waals surface area (Å²) in [4.78, 5) is 8.07. The summed E-state index contributed by atoms with van der Waals surface area (Å²) in [6.45, 7) is 0. The molecule has 0 saturated carbocycles. The molecule has 0 spiro atoms. The molecule has 0 aliphatic carbocycles. The van der Waals surface area contributed by atoms with Gasteiger partial charge in [-0.2, -0.15) is 13.2 Å². The molecule has 0 aliphatic heterocycles. The highest BCUT2D eigenvalue weighted by Crippen LogP contribution is 2.30. The van der Waals surface area contributed by atoms with Gasteiger partial charge >= 0.3 is 6.18 Å². The largest absolute Gasteiger partial charge is 0.416 e. The van der Waals surface area contributed by atoms with E-state index >= 15 is 0 Å². The van der Waals surface area contributed by atoms with Gasteiger partial charge in [0.2, 0.25) is 0 Å². The van der Waals surface area contributed by atoms with E-state index in [1.54, 1.807) is 12.4 Å². The Kier molecular flexibility index (Phi) is 3.52. The number of benzene rings is 1. The average molecular weight is 273 g/mol. The first-order valence-corrected chi connectivity index (χ1v) is 5.58. The second-order valence-electron chi connectivity index (χ2n) is 3.62. The van der Waals surface area contributed by atoms with E-state index in [0.29, 0.717) is 17.3 Å². The molecule has 0 fully saturated rings. The first-order chi connectivity index (χ1) is 8.50. The Bertz CT molecular complexity index is 521. The van der Waals surface area contributed by atoms with E-state index in [-0.39, 0.29) is 0 Å². The smallest absolute Gasteiger partial charge is 0.236 e. The van der Waals surface area contributed by atoms with Crippen LogP contribution in [-0.4, -0.2) is 9.97 Å². The lowest BCUT2D eigenvalue weighted by molar-refractivity contribution is -0.137. The second-order valence-corrected chi connectivity index (χ2v) is 3.89. The van der Waals surface area contributed by atoms with E-state index in [1.807, 2.05) is 0 Å². The summed E-state index contributed by atoms with van der Waals surface area (Å²) in [5.41, 5.74) is 0.597. The predicted molar refractivity (Wildman–Crippen MR) is 62.0 cm³/mol. The number of hydrogen-bond donors (Lipinski definition) is 0. The van der Waals surface area contributed by atoms with Crippen LogP contribution in [0.25, 0.3) is 11.4 Å². The molecule has 0 aliphatic rings. The number of nitrogens with zero attached hydrogens (tertiary/aromatic N) is 2. The van der Waals surface area contributed by atoms with Gasteiger partial charge < -0.3 is 0 Å². The van der Waals surface area contributed by atoms with E-state index in [0.717, 1.165) is 17.7 Å². The van der Waals surface area contributed by atoms with E-state index in [4.69, 9.17) is 11.6 Å². The maximum Gasteiger partial charge on any atom is 0.416 e. The van der Waals surface area contributed by atoms with Gasteiger partial charge in [-0.25, -0.2) is 9.97 Å². The molecule has 1 aromatic heterocycles. The van der Waals surface area contributed by atoms with Crippen molar-refractivity contribution in [2.75, 3.05) is 0 Å². The molecule has 6 heteroatoms. The first-order valence-electron chi connectivity index (χ1n) is 5.05. The number of halogens is 4. The second kappa shape index (κ2) is 4.94. The summed E-state index contributed by atoms with van der Waals surface area (Å²) < 4.78 is 37.1. The number of aromatic nitrogens is 2. The van der Waals surface area contributed by atoms with Crippen LogP contribution >= 0.6 is 11.6 Å². The fourth-order valence-corrected chi connectivity index (χ4v) is 1.52. The summed E-state index contributed by atoms with van der Waals surface area (Å²) in [6.07, 6.45) is -1.23. The zero-order valence-corrected chi connectivity index (χ0v) is 9.83. The third kappa shape index (κ3) is 2.79. The number of hydrogen-bond acceptors (Lipinski definition) is 2. The number of alkyl halides is 4. The van der Waals surface area contributed by atoms with E-state index in [1.165, 1.54) is 12.1 Å². The minimum atomic E-state index is -4.33. The van der Waals surface area contributed by atoms with Crippen LogP contribution < -0.4 is 0 Å². The average Bonchev–Trinajstić information content (AvgIpc) is 2.38. The monoisotopic (exact) mass is 272 g/mol. The fourth-order valence-electron chi connectivity index (χ4n) is 1.38. The van der Waals surface area contributed by atoms with Gasteiger partial charge in [0.1, 0.15) is 0 Å². The lowest BCUT2D eigenvalue weighted by Gasteiger charge is -2.07. The Morgan fingerprint density at radius 3 is 2.00 bits per heavy atom. The molecule has 0 unspecified atom stereocenters. The topological polar surface area (TPSA) is 25.8 Å². The van der Waals surface area contributed by atoms with Gasteiger partial charge in [0.05, 0.1) is 11.4 Å². The zero-order chi connectivity index (χ0) is 13.2. The van der Waals surface area contributed by atoms with Crippen molar-refractivity contribution in [2.24, 2.45) is 0 Å². The van der Waals surface area contributed by atoms with Gasteiger partial charge in [0.15, 0.2) is 5.82 Å². The van der Waals surface area contributed by atoms with Gasteiger partial charge in [-0.3, -0.25) is 0 Å². The van der Waals surface area contributed by atoms with Gasteiger partial charge in [-0.15, -0.1) is 11.6 Å². The van der Waals surface area contributed by atoms with E-state index < -0.39 is 11.7 Å². The minimum absolute atomic E-state index is 0.299. The quantitative estimate of drug-likeness (QED) is 0.775. The molecule has 0 N–H and O–H groups in total. The Morgan fingerprint density at radius 1 is 1.00 bits per heavy atom. The van der Waals surface area contributed by atoms with Crippen molar-refractivity contribution in [3.8, 4) is 11.4 Å². The highest BCUT2D eigenvalue weighted by atomic mass is 35.5. The SMILES string of the molecule is FC(F)(F)c1ccc(-c2ncc(CCl)cn2)cc1. The minimum Gasteiger partial charge on any atom is -0.236 e. The molecule has 2 nitrogen and oxygen atoms in total. The normalized spacial score (nSPS) is 11.6. The molecule has 0 radical (unpaired) electrons. The first kappa shape index (κ1) is 12.8. The highest BCUT2D eigenvalue weighted by Gasteiger charge is 2.30. The third-order valence-electron chi connectivity index (χ3n) is 2.33. The molecule has 1 heterocycles. The van der Waals surface area contributed by atoms with Gasteiger partial charge in [-0.1, -0.05) is 12.1 Å². The third-order valence-corrected chi connectivity index (χ3v) is 2.64. The van der Waals surface area contributed by atoms with E-state index in [9.17, 15) is 13.2 Å². The summed E-state index contributed by atoms with van der Waals surface area (Å²) in [5, 5.41) is 0. The maximum atomic E-state index is 12.4. The zero-order valence-electron chi connectivity index (χ0n) is 9.08. The summed E-state index contributed by atoms with van der Waals surface area (Å²) >= 11 is 5.59. The lowest BCUT2D eigenvalue weighted by Crippen LogP contribution is -2.04. The Labute approximate surface area is 106 Å². The Hall–Kier alpha value is -1.62. The molecule has 94 valence electrons. The Balaban J connectivity index is 2.28. The summed E-state index contributed by atoms with van der Waals surface area (Å²) in [5.74, 6) is 0.672. The van der Waals surface area contributed by atoms with Gasteiger partial charge in [0, 0.05) is 23.5 Å². The van der Waals surface area contributed by atoms with Crippen molar-refractivity contribution in [1.29, 1.82) is 0 Å². The van der Waals surface area contributed by atoms with Crippen molar-refractivity contribution in [3.63, 3.8) is 0 Å². The standard InChI is InChI=1S/C12H8ClF3N2/c13-5-8-6-17-11(18-7-8)9-1-3-10(4-2-9)12(14,15)16/h1-4,6-7H,5H2. The Morgan fingerprint density at radius 2 is 1.56 bits per heavy atom. The molecular formula is C12H8ClF3N2. The molecule has 0 amide bonds. The summed E-state index contributed by atoms with van der Waals surface area (Å²) in [6, 6.07) is 4.71. The van der Waals surface area contributed by atoms with Gasteiger partial charge in [-0.05, 0) is 12.1 Å². The van der Waals surface area contributed by atoms with Crippen molar-refractivity contribution in [3.05, 3.63) is 47.8 Å². The van der Waals surface area contributed by atoms with Crippen molar-refractivity contribution < 1.29 is 13.2 Å². The van der Waals surface area contributed by atoms with Crippen molar-refractivity contribution in [1.82, 2.24) is 9.97 Å². The van der Waals surface area contributed by atoms with Crippen LogP contribution in [0.1, 0.15) is 11.1 Å². The molecule has 2 rings (SSSR count). The van der Waals surface area contributed by atoms with Crippen LogP contribution in [0.3, 0.4) is 0 Å². The van der Waals surface area contributed by atoms with Crippen LogP contribution in [0.2, 0.25) is 0 Å². The molecule has 0 bridgehead atoms. The van der Waals surface area contributed by atoms with Crippen LogP contribution in [0.5, 0.6) is 0 Å². The van der Waals surface area contributed by atoms with Crippen LogP contribution in [-0.2, 0) is 12.1 Å². The van der Waals surface area contributed by atoms with Gasteiger partial charge in [0.25, 0.3) is 0 Å². The predicted octanol–water partition coefficient (Wildman–Crippen LogP) is 3.90. The molecule has 18 heavy (non-hydrogen) atoms. The van der Waals surface area contributed by atoms with Crippen LogP contribution in [0.15, 0.2) is 36.7 Å². The van der Waals surface area contributed by atoms with E-state index in [2.05, 4.69) is 9.97 Å². The van der Waals surface area contributed by atoms with Crippen LogP contribution in [0.4, 0.5) is 13.2 Å². The molecular weight excluding hydrogens is 265 g/mol. The number of rotatable bonds is 2. The lowest BCUT2D eigenvalue weighted by atomic mass is 10.1. The molecule has 1 aromatic carbocycles. The van der Waals surface area contributed by atoms with Crippen LogP contribution in [0, 0.1) is 0 Å². The molecule has 0 saturated heterocycles. The molecule has 0 atom stereocenters. The van der Waals surface area contributed by atoms with Crippen molar-refractivity contribution >= 4 is 11.6 Å².